The number of aromatic nitrogens is 4. The summed E-state index contributed by atoms with van der Waals surface area (Å²) in [5, 5.41) is 0. The molecule has 2 aliphatic rings. The van der Waals surface area contributed by atoms with E-state index in [0.29, 0.717) is 12.6 Å². The summed E-state index contributed by atoms with van der Waals surface area (Å²) in [7, 11) is 1.35. The number of anilines is 1. The Morgan fingerprint density at radius 1 is 1.22 bits per heavy atom. The molecule has 142 valence electrons. The topological polar surface area (TPSA) is 90.3 Å². The van der Waals surface area contributed by atoms with Gasteiger partial charge in [0.1, 0.15) is 11.4 Å². The van der Waals surface area contributed by atoms with Gasteiger partial charge in [0.15, 0.2) is 5.69 Å². The normalized spacial score (nSPS) is 18.3. The number of methoxy groups -OCH3 is 1. The second kappa shape index (κ2) is 6.84. The molecule has 0 N–H and O–H groups in total. The van der Waals surface area contributed by atoms with Crippen molar-refractivity contribution < 1.29 is 14.3 Å². The van der Waals surface area contributed by atoms with Crippen LogP contribution in [0.25, 0.3) is 0 Å². The van der Waals surface area contributed by atoms with E-state index in [4.69, 9.17) is 14.5 Å². The fourth-order valence-corrected chi connectivity index (χ4v) is 3.85. The second-order valence-corrected chi connectivity index (χ2v) is 7.06. The molecule has 2 aromatic rings. The van der Waals surface area contributed by atoms with Crippen molar-refractivity contribution in [2.45, 2.75) is 38.7 Å². The average molecular weight is 369 g/mol. The summed E-state index contributed by atoms with van der Waals surface area (Å²) in [6.07, 6.45) is 4.37. The van der Waals surface area contributed by atoms with E-state index in [1.54, 1.807) is 6.07 Å². The molecule has 0 radical (unpaired) electrons. The fourth-order valence-electron chi connectivity index (χ4n) is 3.85. The van der Waals surface area contributed by atoms with Gasteiger partial charge in [-0.25, -0.2) is 24.7 Å². The van der Waals surface area contributed by atoms with E-state index >= 15 is 0 Å². The number of carbonyl (C=O) groups excluding carboxylic acids is 1. The molecule has 2 aliphatic heterocycles. The van der Waals surface area contributed by atoms with Gasteiger partial charge in [-0.2, -0.15) is 0 Å². The molecule has 27 heavy (non-hydrogen) atoms. The van der Waals surface area contributed by atoms with Gasteiger partial charge in [-0.15, -0.1) is 0 Å². The molecular formula is C19H23N5O3. The summed E-state index contributed by atoms with van der Waals surface area (Å²) in [6.45, 7) is 5.90. The van der Waals surface area contributed by atoms with Crippen LogP contribution in [0.15, 0.2) is 12.3 Å². The minimum Gasteiger partial charge on any atom is -0.464 e. The van der Waals surface area contributed by atoms with E-state index in [1.165, 1.54) is 12.7 Å². The first kappa shape index (κ1) is 17.8. The van der Waals surface area contributed by atoms with E-state index < -0.39 is 5.97 Å². The van der Waals surface area contributed by atoms with Crippen molar-refractivity contribution in [2.24, 2.45) is 0 Å². The number of aryl methyl sites for hydroxylation is 2. The van der Waals surface area contributed by atoms with Gasteiger partial charge in [-0.05, 0) is 44.7 Å². The third kappa shape index (κ3) is 3.25. The molecule has 2 aromatic heterocycles. The Morgan fingerprint density at radius 2 is 2.00 bits per heavy atom. The van der Waals surface area contributed by atoms with Gasteiger partial charge in [0, 0.05) is 25.0 Å². The summed E-state index contributed by atoms with van der Waals surface area (Å²) in [5.41, 5.74) is 2.86. The van der Waals surface area contributed by atoms with Crippen LogP contribution in [-0.2, 0) is 21.5 Å². The van der Waals surface area contributed by atoms with Gasteiger partial charge in [-0.1, -0.05) is 0 Å². The van der Waals surface area contributed by atoms with E-state index in [1.807, 2.05) is 20.0 Å². The number of esters is 1. The number of nitrogens with zero attached hydrogens (tertiary/aromatic N) is 5. The molecule has 0 atom stereocenters. The Bertz CT molecular complexity index is 878. The van der Waals surface area contributed by atoms with Gasteiger partial charge >= 0.3 is 5.97 Å². The number of hydrogen-bond acceptors (Lipinski definition) is 8. The van der Waals surface area contributed by atoms with Crippen LogP contribution in [0.1, 0.15) is 46.1 Å². The zero-order chi connectivity index (χ0) is 19.0. The van der Waals surface area contributed by atoms with Crippen molar-refractivity contribution in [1.82, 2.24) is 19.9 Å². The summed E-state index contributed by atoms with van der Waals surface area (Å²) >= 11 is 0. The maximum atomic E-state index is 11.8. The number of piperidine rings is 1. The quantitative estimate of drug-likeness (QED) is 0.740. The van der Waals surface area contributed by atoms with Crippen molar-refractivity contribution in [3.8, 4) is 0 Å². The lowest BCUT2D eigenvalue weighted by molar-refractivity contribution is -0.0804. The molecule has 0 aliphatic carbocycles. The van der Waals surface area contributed by atoms with Crippen LogP contribution in [0.4, 0.5) is 5.95 Å². The van der Waals surface area contributed by atoms with Gasteiger partial charge in [0.05, 0.1) is 19.4 Å². The highest BCUT2D eigenvalue weighted by Crippen LogP contribution is 2.40. The molecule has 8 heteroatoms. The molecular weight excluding hydrogens is 346 g/mol. The monoisotopic (exact) mass is 369 g/mol. The highest BCUT2D eigenvalue weighted by molar-refractivity contribution is 5.87. The van der Waals surface area contributed by atoms with E-state index in [9.17, 15) is 4.79 Å². The summed E-state index contributed by atoms with van der Waals surface area (Å²) < 4.78 is 11.0. The fraction of sp³-hybridized carbons (Fsp3) is 0.526. The summed E-state index contributed by atoms with van der Waals surface area (Å²) in [4.78, 5) is 31.9. The Labute approximate surface area is 158 Å². The number of hydrogen-bond donors (Lipinski definition) is 0. The van der Waals surface area contributed by atoms with Crippen molar-refractivity contribution in [2.75, 3.05) is 31.7 Å². The van der Waals surface area contributed by atoms with Gasteiger partial charge in [0.2, 0.25) is 5.95 Å². The summed E-state index contributed by atoms with van der Waals surface area (Å²) in [5.74, 6) is 0.873. The highest BCUT2D eigenvalue weighted by Gasteiger charge is 2.43. The molecule has 0 saturated carbocycles. The molecule has 0 amide bonds. The number of ether oxygens (including phenoxy) is 2. The molecule has 0 aromatic carbocycles. The Morgan fingerprint density at radius 3 is 2.74 bits per heavy atom. The molecule has 4 rings (SSSR count). The SMILES string of the molecule is COC(=O)c1cc(C)nc(N2CCC3(CC2)OCCc2cnc(C)nc23)n1. The Balaban J connectivity index is 1.58. The van der Waals surface area contributed by atoms with Crippen molar-refractivity contribution in [3.63, 3.8) is 0 Å². The molecule has 8 nitrogen and oxygen atoms in total. The lowest BCUT2D eigenvalue weighted by Gasteiger charge is -2.44. The van der Waals surface area contributed by atoms with Crippen LogP contribution in [0.2, 0.25) is 0 Å². The van der Waals surface area contributed by atoms with Crippen LogP contribution in [-0.4, -0.2) is 52.7 Å². The average Bonchev–Trinajstić information content (AvgIpc) is 2.68. The first-order valence-corrected chi connectivity index (χ1v) is 9.17. The maximum Gasteiger partial charge on any atom is 0.356 e. The number of carbonyl (C=O) groups is 1. The minimum atomic E-state index is -0.452. The van der Waals surface area contributed by atoms with Gasteiger partial charge < -0.3 is 14.4 Å². The molecule has 0 bridgehead atoms. The third-order valence-electron chi connectivity index (χ3n) is 5.26. The van der Waals surface area contributed by atoms with Gasteiger partial charge in [-0.3, -0.25) is 0 Å². The zero-order valence-corrected chi connectivity index (χ0v) is 15.9. The van der Waals surface area contributed by atoms with Crippen molar-refractivity contribution in [3.05, 3.63) is 40.7 Å². The predicted octanol–water partition coefficient (Wildman–Crippen LogP) is 1.74. The maximum absolute atomic E-state index is 11.8. The van der Waals surface area contributed by atoms with E-state index in [-0.39, 0.29) is 11.3 Å². The van der Waals surface area contributed by atoms with Gasteiger partial charge in [0.25, 0.3) is 0 Å². The first-order valence-electron chi connectivity index (χ1n) is 9.17. The predicted molar refractivity (Wildman–Crippen MR) is 97.7 cm³/mol. The van der Waals surface area contributed by atoms with E-state index in [0.717, 1.165) is 49.6 Å². The smallest absolute Gasteiger partial charge is 0.356 e. The number of fused-ring (bicyclic) bond motifs is 2. The standard InChI is InChI=1S/C19H23N5O3/c1-12-10-15(17(25)26-3)23-18(21-12)24-7-5-19(6-8-24)16-14(4-9-27-19)11-20-13(2)22-16/h10-11H,4-9H2,1-3H3. The van der Waals surface area contributed by atoms with Crippen molar-refractivity contribution >= 4 is 11.9 Å². The Kier molecular flexibility index (Phi) is 4.51. The number of rotatable bonds is 2. The largest absolute Gasteiger partial charge is 0.464 e. The molecule has 0 unspecified atom stereocenters. The van der Waals surface area contributed by atoms with Crippen molar-refractivity contribution in [1.29, 1.82) is 0 Å². The first-order chi connectivity index (χ1) is 13.0. The molecule has 1 fully saturated rings. The third-order valence-corrected chi connectivity index (χ3v) is 5.26. The van der Waals surface area contributed by atoms with Crippen LogP contribution in [0.5, 0.6) is 0 Å². The lowest BCUT2D eigenvalue weighted by Crippen LogP contribution is -2.48. The minimum absolute atomic E-state index is 0.280. The summed E-state index contributed by atoms with van der Waals surface area (Å²) in [6, 6.07) is 1.64. The van der Waals surface area contributed by atoms with Crippen LogP contribution >= 0.6 is 0 Å². The highest BCUT2D eigenvalue weighted by atomic mass is 16.5. The van der Waals surface area contributed by atoms with E-state index in [2.05, 4.69) is 19.9 Å². The lowest BCUT2D eigenvalue weighted by atomic mass is 9.83. The van der Waals surface area contributed by atoms with Crippen LogP contribution in [0.3, 0.4) is 0 Å². The molecule has 1 saturated heterocycles. The van der Waals surface area contributed by atoms with Crippen LogP contribution < -0.4 is 4.90 Å². The van der Waals surface area contributed by atoms with Crippen LogP contribution in [0, 0.1) is 13.8 Å². The second-order valence-electron chi connectivity index (χ2n) is 7.06. The molecule has 1 spiro atoms. The Hall–Kier alpha value is -2.61. The zero-order valence-electron chi connectivity index (χ0n) is 15.9. The molecule has 4 heterocycles.